The van der Waals surface area contributed by atoms with Gasteiger partial charge in [0.25, 0.3) is 0 Å². The fourth-order valence-electron chi connectivity index (χ4n) is 1.07. The maximum absolute atomic E-state index is 11.7. The summed E-state index contributed by atoms with van der Waals surface area (Å²) in [4.78, 5) is 11.7. The highest BCUT2D eigenvalue weighted by atomic mass is 127. The van der Waals surface area contributed by atoms with Gasteiger partial charge in [-0.15, -0.1) is 0 Å². The van der Waals surface area contributed by atoms with Gasteiger partial charge in [-0.1, -0.05) is 11.6 Å². The molecule has 0 amide bonds. The van der Waals surface area contributed by atoms with Crippen LogP contribution in [0.5, 0.6) is 0 Å². The summed E-state index contributed by atoms with van der Waals surface area (Å²) in [6.07, 6.45) is 6.54. The zero-order valence-electron chi connectivity index (χ0n) is 8.34. The van der Waals surface area contributed by atoms with E-state index in [0.717, 1.165) is 9.99 Å². The summed E-state index contributed by atoms with van der Waals surface area (Å²) in [5, 5.41) is 0. The van der Waals surface area contributed by atoms with E-state index in [-0.39, 0.29) is 5.78 Å². The molecule has 0 unspecified atom stereocenters. The van der Waals surface area contributed by atoms with E-state index >= 15 is 0 Å². The van der Waals surface area contributed by atoms with Crippen molar-refractivity contribution in [2.24, 2.45) is 0 Å². The van der Waals surface area contributed by atoms with Crippen molar-refractivity contribution < 1.29 is 9.21 Å². The third-order valence-corrected chi connectivity index (χ3v) is 2.99. The molecular formula is C11H13IO2. The monoisotopic (exact) mass is 304 g/mol. The SMILES string of the molecule is C/C=C(\C)CCC(=O)c1cocc1I. The summed E-state index contributed by atoms with van der Waals surface area (Å²) in [6, 6.07) is 0. The second kappa shape index (κ2) is 5.34. The molecule has 1 heterocycles. The first-order chi connectivity index (χ1) is 6.65. The third-order valence-electron chi connectivity index (χ3n) is 2.15. The Morgan fingerprint density at radius 1 is 1.50 bits per heavy atom. The van der Waals surface area contributed by atoms with E-state index in [4.69, 9.17) is 4.42 Å². The Kier molecular flexibility index (Phi) is 4.38. The Morgan fingerprint density at radius 3 is 2.71 bits per heavy atom. The second-order valence-corrected chi connectivity index (χ2v) is 4.35. The third kappa shape index (κ3) is 2.97. The van der Waals surface area contributed by atoms with Crippen molar-refractivity contribution in [3.05, 3.63) is 33.3 Å². The minimum atomic E-state index is 0.157. The number of ketones is 1. The van der Waals surface area contributed by atoms with Crippen molar-refractivity contribution in [2.75, 3.05) is 0 Å². The predicted molar refractivity (Wildman–Crippen MR) is 64.4 cm³/mol. The molecule has 0 saturated carbocycles. The van der Waals surface area contributed by atoms with Crippen LogP contribution < -0.4 is 0 Å². The van der Waals surface area contributed by atoms with E-state index in [0.29, 0.717) is 12.0 Å². The van der Waals surface area contributed by atoms with Gasteiger partial charge in [0.2, 0.25) is 0 Å². The zero-order valence-corrected chi connectivity index (χ0v) is 10.5. The quantitative estimate of drug-likeness (QED) is 0.481. The van der Waals surface area contributed by atoms with Gasteiger partial charge in [0, 0.05) is 6.42 Å². The van der Waals surface area contributed by atoms with Crippen molar-refractivity contribution >= 4 is 28.4 Å². The molecule has 0 spiro atoms. The lowest BCUT2D eigenvalue weighted by Gasteiger charge is -1.99. The van der Waals surface area contributed by atoms with Crippen LogP contribution in [0.1, 0.15) is 37.0 Å². The summed E-state index contributed by atoms with van der Waals surface area (Å²) in [7, 11) is 0. The average molecular weight is 304 g/mol. The van der Waals surface area contributed by atoms with Crippen LogP contribution >= 0.6 is 22.6 Å². The van der Waals surface area contributed by atoms with Gasteiger partial charge < -0.3 is 4.42 Å². The average Bonchev–Trinajstić information content (AvgIpc) is 2.60. The molecule has 0 aliphatic carbocycles. The number of hydrogen-bond donors (Lipinski definition) is 0. The van der Waals surface area contributed by atoms with Gasteiger partial charge in [0.15, 0.2) is 5.78 Å². The number of allylic oxidation sites excluding steroid dienone is 2. The molecule has 0 bridgehead atoms. The Labute approximate surface area is 97.5 Å². The van der Waals surface area contributed by atoms with Crippen LogP contribution in [0.3, 0.4) is 0 Å². The van der Waals surface area contributed by atoms with E-state index in [1.54, 1.807) is 6.26 Å². The molecule has 1 rings (SSSR count). The van der Waals surface area contributed by atoms with E-state index in [1.165, 1.54) is 11.8 Å². The first-order valence-electron chi connectivity index (χ1n) is 4.51. The minimum Gasteiger partial charge on any atom is -0.471 e. The van der Waals surface area contributed by atoms with Crippen LogP contribution in [0.4, 0.5) is 0 Å². The first-order valence-corrected chi connectivity index (χ1v) is 5.59. The van der Waals surface area contributed by atoms with Gasteiger partial charge >= 0.3 is 0 Å². The molecule has 0 saturated heterocycles. The number of halogens is 1. The van der Waals surface area contributed by atoms with E-state index in [9.17, 15) is 4.79 Å². The van der Waals surface area contributed by atoms with Crippen LogP contribution in [0.2, 0.25) is 0 Å². The van der Waals surface area contributed by atoms with Gasteiger partial charge in [-0.25, -0.2) is 0 Å². The van der Waals surface area contributed by atoms with E-state index < -0.39 is 0 Å². The largest absolute Gasteiger partial charge is 0.471 e. The van der Waals surface area contributed by atoms with Crippen molar-refractivity contribution in [1.82, 2.24) is 0 Å². The van der Waals surface area contributed by atoms with Gasteiger partial charge in [-0.3, -0.25) is 4.79 Å². The molecule has 2 nitrogen and oxygen atoms in total. The molecule has 1 aromatic rings. The second-order valence-electron chi connectivity index (χ2n) is 3.19. The lowest BCUT2D eigenvalue weighted by atomic mass is 10.1. The molecular weight excluding hydrogens is 291 g/mol. The molecule has 0 aliphatic heterocycles. The number of carbonyl (C=O) groups excluding carboxylic acids is 1. The number of Topliss-reactive ketones (excluding diaryl/α,β-unsaturated/α-hetero) is 1. The van der Waals surface area contributed by atoms with Gasteiger partial charge in [-0.2, -0.15) is 0 Å². The van der Waals surface area contributed by atoms with Crippen LogP contribution in [-0.4, -0.2) is 5.78 Å². The summed E-state index contributed by atoms with van der Waals surface area (Å²) < 4.78 is 5.85. The fraction of sp³-hybridized carbons (Fsp3) is 0.364. The summed E-state index contributed by atoms with van der Waals surface area (Å²) >= 11 is 2.11. The van der Waals surface area contributed by atoms with Gasteiger partial charge in [0.1, 0.15) is 12.5 Å². The van der Waals surface area contributed by atoms with Crippen LogP contribution in [0, 0.1) is 3.57 Å². The van der Waals surface area contributed by atoms with Gasteiger partial charge in [-0.05, 0) is 42.9 Å². The normalized spacial score (nSPS) is 11.8. The van der Waals surface area contributed by atoms with E-state index in [2.05, 4.69) is 22.6 Å². The Balaban J connectivity index is 2.56. The molecule has 76 valence electrons. The maximum Gasteiger partial charge on any atom is 0.167 e. The summed E-state index contributed by atoms with van der Waals surface area (Å²) in [5.41, 5.74) is 1.95. The highest BCUT2D eigenvalue weighted by Crippen LogP contribution is 2.17. The molecule has 0 aliphatic rings. The minimum absolute atomic E-state index is 0.157. The standard InChI is InChI=1S/C11H13IO2/c1-3-8(2)4-5-11(13)9-6-14-7-10(9)12/h3,6-7H,4-5H2,1-2H3/b8-3+. The fourth-order valence-corrected chi connectivity index (χ4v) is 1.64. The maximum atomic E-state index is 11.7. The lowest BCUT2D eigenvalue weighted by molar-refractivity contribution is 0.0981. The summed E-state index contributed by atoms with van der Waals surface area (Å²) in [5.74, 6) is 0.157. The van der Waals surface area contributed by atoms with Crippen molar-refractivity contribution in [3.8, 4) is 0 Å². The number of rotatable bonds is 4. The molecule has 1 aromatic heterocycles. The van der Waals surface area contributed by atoms with Crippen LogP contribution in [0.25, 0.3) is 0 Å². The molecule has 14 heavy (non-hydrogen) atoms. The van der Waals surface area contributed by atoms with Crippen molar-refractivity contribution in [3.63, 3.8) is 0 Å². The highest BCUT2D eigenvalue weighted by Gasteiger charge is 2.11. The van der Waals surface area contributed by atoms with Crippen molar-refractivity contribution in [1.29, 1.82) is 0 Å². The summed E-state index contributed by atoms with van der Waals surface area (Å²) in [6.45, 7) is 4.02. The molecule has 0 aromatic carbocycles. The van der Waals surface area contributed by atoms with E-state index in [1.807, 2.05) is 19.9 Å². The van der Waals surface area contributed by atoms with Crippen LogP contribution in [-0.2, 0) is 0 Å². The Bertz CT molecular complexity index is 350. The highest BCUT2D eigenvalue weighted by molar-refractivity contribution is 14.1. The number of carbonyl (C=O) groups is 1. The first kappa shape index (κ1) is 11.5. The van der Waals surface area contributed by atoms with Gasteiger partial charge in [0.05, 0.1) is 9.13 Å². The predicted octanol–water partition coefficient (Wildman–Crippen LogP) is 3.81. The molecule has 0 atom stereocenters. The zero-order chi connectivity index (χ0) is 10.6. The molecule has 0 fully saturated rings. The Morgan fingerprint density at radius 2 is 2.21 bits per heavy atom. The molecule has 0 radical (unpaired) electrons. The number of furan rings is 1. The lowest BCUT2D eigenvalue weighted by Crippen LogP contribution is -1.99. The topological polar surface area (TPSA) is 30.2 Å². The smallest absolute Gasteiger partial charge is 0.167 e. The van der Waals surface area contributed by atoms with Crippen molar-refractivity contribution in [2.45, 2.75) is 26.7 Å². The molecule has 0 N–H and O–H groups in total. The number of hydrogen-bond acceptors (Lipinski definition) is 2. The Hall–Kier alpha value is -0.580. The van der Waals surface area contributed by atoms with Crippen LogP contribution in [0.15, 0.2) is 28.6 Å². The molecule has 3 heteroatoms.